The minimum Gasteiger partial charge on any atom is -0.339 e. The number of hydrogen-bond donors (Lipinski definition) is 1. The molecule has 1 aliphatic carbocycles. The minimum absolute atomic E-state index is 0.0583. The lowest BCUT2D eigenvalue weighted by atomic mass is 9.85. The first-order valence-corrected chi connectivity index (χ1v) is 8.89. The fourth-order valence-electron chi connectivity index (χ4n) is 2.50. The summed E-state index contributed by atoms with van der Waals surface area (Å²) in [4.78, 5) is 4.37. The molecule has 0 bridgehead atoms. The van der Waals surface area contributed by atoms with E-state index >= 15 is 0 Å². The van der Waals surface area contributed by atoms with Crippen LogP contribution in [0.25, 0.3) is 0 Å². The van der Waals surface area contributed by atoms with Gasteiger partial charge in [-0.15, -0.1) is 0 Å². The first-order valence-electron chi connectivity index (χ1n) is 7.04. The molecule has 20 heavy (non-hydrogen) atoms. The van der Waals surface area contributed by atoms with Gasteiger partial charge in [0.15, 0.2) is 5.82 Å². The second kappa shape index (κ2) is 5.42. The number of rotatable bonds is 6. The van der Waals surface area contributed by atoms with Gasteiger partial charge in [0.25, 0.3) is 0 Å². The van der Waals surface area contributed by atoms with E-state index in [1.807, 2.05) is 0 Å². The number of sulfonamides is 1. The van der Waals surface area contributed by atoms with Crippen molar-refractivity contribution >= 4 is 10.0 Å². The van der Waals surface area contributed by atoms with E-state index in [0.717, 1.165) is 12.8 Å². The summed E-state index contributed by atoms with van der Waals surface area (Å²) in [6.07, 6.45) is 5.20. The van der Waals surface area contributed by atoms with Crippen molar-refractivity contribution < 1.29 is 12.9 Å². The van der Waals surface area contributed by atoms with Gasteiger partial charge in [-0.25, -0.2) is 8.42 Å². The van der Waals surface area contributed by atoms with Crippen molar-refractivity contribution in [2.75, 3.05) is 25.9 Å². The van der Waals surface area contributed by atoms with E-state index in [-0.39, 0.29) is 6.04 Å². The van der Waals surface area contributed by atoms with Gasteiger partial charge in [-0.2, -0.15) is 9.29 Å². The smallest absolute Gasteiger partial charge is 0.229 e. The van der Waals surface area contributed by atoms with Crippen LogP contribution in [0.5, 0.6) is 0 Å². The Morgan fingerprint density at radius 1 is 1.40 bits per heavy atom. The van der Waals surface area contributed by atoms with Gasteiger partial charge in [-0.05, 0) is 12.8 Å². The molecule has 112 valence electrons. The standard InChI is InChI=1S/C12H20N4O3S/c1-20(17,18)16(10-7-13-8-10)6-5-11-14-12(19-15-11)9-3-2-4-9/h9-10,13H,2-8H2,1H3. The van der Waals surface area contributed by atoms with Crippen molar-refractivity contribution in [3.05, 3.63) is 11.7 Å². The first kappa shape index (κ1) is 14.0. The van der Waals surface area contributed by atoms with Gasteiger partial charge in [0, 0.05) is 38.0 Å². The van der Waals surface area contributed by atoms with Crippen molar-refractivity contribution in [3.8, 4) is 0 Å². The van der Waals surface area contributed by atoms with E-state index in [1.54, 1.807) is 0 Å². The number of hydrogen-bond acceptors (Lipinski definition) is 6. The molecule has 0 unspecified atom stereocenters. The number of nitrogens with one attached hydrogen (secondary N) is 1. The van der Waals surface area contributed by atoms with Gasteiger partial charge < -0.3 is 9.84 Å². The number of aromatic nitrogens is 2. The van der Waals surface area contributed by atoms with Crippen molar-refractivity contribution in [3.63, 3.8) is 0 Å². The first-order chi connectivity index (χ1) is 9.54. The van der Waals surface area contributed by atoms with Gasteiger partial charge in [-0.3, -0.25) is 0 Å². The summed E-state index contributed by atoms with van der Waals surface area (Å²) in [6, 6.07) is 0.0583. The molecule has 1 aromatic heterocycles. The van der Waals surface area contributed by atoms with Crippen LogP contribution in [0.1, 0.15) is 36.9 Å². The maximum atomic E-state index is 11.8. The Morgan fingerprint density at radius 3 is 2.65 bits per heavy atom. The maximum Gasteiger partial charge on any atom is 0.229 e. The Bertz CT molecular complexity index is 563. The molecular weight excluding hydrogens is 280 g/mol. The molecule has 2 heterocycles. The van der Waals surface area contributed by atoms with Crippen LogP contribution in [0.3, 0.4) is 0 Å². The molecule has 2 aliphatic rings. The molecule has 0 radical (unpaired) electrons. The highest BCUT2D eigenvalue weighted by molar-refractivity contribution is 7.88. The minimum atomic E-state index is -3.19. The highest BCUT2D eigenvalue weighted by atomic mass is 32.2. The highest BCUT2D eigenvalue weighted by Crippen LogP contribution is 2.35. The molecule has 0 atom stereocenters. The zero-order valence-corrected chi connectivity index (χ0v) is 12.4. The van der Waals surface area contributed by atoms with Gasteiger partial charge in [0.1, 0.15) is 0 Å². The molecule has 7 nitrogen and oxygen atoms in total. The fourth-order valence-corrected chi connectivity index (χ4v) is 3.61. The summed E-state index contributed by atoms with van der Waals surface area (Å²) in [6.45, 7) is 1.84. The van der Waals surface area contributed by atoms with Crippen molar-refractivity contribution in [2.24, 2.45) is 0 Å². The van der Waals surface area contributed by atoms with Crippen LogP contribution in [0.15, 0.2) is 4.52 Å². The van der Waals surface area contributed by atoms with Crippen LogP contribution >= 0.6 is 0 Å². The number of nitrogens with zero attached hydrogens (tertiary/aromatic N) is 3. The lowest BCUT2D eigenvalue weighted by molar-refractivity contribution is 0.243. The predicted molar refractivity (Wildman–Crippen MR) is 72.8 cm³/mol. The van der Waals surface area contributed by atoms with E-state index < -0.39 is 10.0 Å². The summed E-state index contributed by atoms with van der Waals surface area (Å²) in [5, 5.41) is 7.04. The molecule has 1 aromatic rings. The second-order valence-electron chi connectivity index (χ2n) is 5.61. The van der Waals surface area contributed by atoms with Gasteiger partial charge in [0.2, 0.25) is 15.9 Å². The van der Waals surface area contributed by atoms with E-state index in [2.05, 4.69) is 15.5 Å². The van der Waals surface area contributed by atoms with Crippen LogP contribution in [0, 0.1) is 0 Å². The van der Waals surface area contributed by atoms with Gasteiger partial charge >= 0.3 is 0 Å². The highest BCUT2D eigenvalue weighted by Gasteiger charge is 2.31. The Kier molecular flexibility index (Phi) is 3.78. The molecule has 1 saturated carbocycles. The molecule has 1 saturated heterocycles. The largest absolute Gasteiger partial charge is 0.339 e. The van der Waals surface area contributed by atoms with E-state index in [0.29, 0.717) is 43.7 Å². The summed E-state index contributed by atoms with van der Waals surface area (Å²) in [5.74, 6) is 1.73. The predicted octanol–water partition coefficient (Wildman–Crippen LogP) is 0.113. The molecule has 1 aliphatic heterocycles. The van der Waals surface area contributed by atoms with Crippen molar-refractivity contribution in [2.45, 2.75) is 37.6 Å². The lowest BCUT2D eigenvalue weighted by Crippen LogP contribution is -2.59. The average Bonchev–Trinajstić information content (AvgIpc) is 2.65. The maximum absolute atomic E-state index is 11.8. The monoisotopic (exact) mass is 300 g/mol. The Morgan fingerprint density at radius 2 is 2.15 bits per heavy atom. The molecular formula is C12H20N4O3S. The zero-order chi connectivity index (χ0) is 14.2. The van der Waals surface area contributed by atoms with Crippen LogP contribution in [0.4, 0.5) is 0 Å². The second-order valence-corrected chi connectivity index (χ2v) is 7.55. The van der Waals surface area contributed by atoms with Crippen LogP contribution in [-0.2, 0) is 16.4 Å². The third kappa shape index (κ3) is 2.87. The van der Waals surface area contributed by atoms with Crippen LogP contribution in [0.2, 0.25) is 0 Å². The van der Waals surface area contributed by atoms with Crippen LogP contribution < -0.4 is 5.32 Å². The fraction of sp³-hybridized carbons (Fsp3) is 0.833. The summed E-state index contributed by atoms with van der Waals surface area (Å²) in [5.41, 5.74) is 0. The topological polar surface area (TPSA) is 88.3 Å². The lowest BCUT2D eigenvalue weighted by Gasteiger charge is -2.36. The molecule has 0 aromatic carbocycles. The Balaban J connectivity index is 1.60. The van der Waals surface area contributed by atoms with Gasteiger partial charge in [-0.1, -0.05) is 11.6 Å². The van der Waals surface area contributed by atoms with Crippen molar-refractivity contribution in [1.82, 2.24) is 19.8 Å². The third-order valence-electron chi connectivity index (χ3n) is 4.09. The van der Waals surface area contributed by atoms with E-state index in [4.69, 9.17) is 4.52 Å². The quantitative estimate of drug-likeness (QED) is 0.802. The van der Waals surface area contributed by atoms with E-state index in [1.165, 1.54) is 17.0 Å². The van der Waals surface area contributed by atoms with Gasteiger partial charge in [0.05, 0.1) is 6.26 Å². The summed E-state index contributed by atoms with van der Waals surface area (Å²) in [7, 11) is -3.19. The molecule has 1 N–H and O–H groups in total. The van der Waals surface area contributed by atoms with Crippen LogP contribution in [-0.4, -0.2) is 54.8 Å². The zero-order valence-electron chi connectivity index (χ0n) is 11.6. The normalized spacial score (nSPS) is 20.9. The molecule has 0 amide bonds. The SMILES string of the molecule is CS(=O)(=O)N(CCc1noc(C2CCC2)n1)C1CNC1. The summed E-state index contributed by atoms with van der Waals surface area (Å²) < 4.78 is 30.4. The average molecular weight is 300 g/mol. The molecule has 3 rings (SSSR count). The van der Waals surface area contributed by atoms with Crippen molar-refractivity contribution in [1.29, 1.82) is 0 Å². The molecule has 8 heteroatoms. The Hall–Kier alpha value is -0.990. The molecule has 2 fully saturated rings. The van der Waals surface area contributed by atoms with E-state index in [9.17, 15) is 8.42 Å². The summed E-state index contributed by atoms with van der Waals surface area (Å²) >= 11 is 0. The molecule has 0 spiro atoms. The Labute approximate surface area is 118 Å². The third-order valence-corrected chi connectivity index (χ3v) is 5.42.